The molecule has 1 saturated heterocycles. The lowest BCUT2D eigenvalue weighted by molar-refractivity contribution is -0.301. The van der Waals surface area contributed by atoms with Crippen molar-refractivity contribution in [1.82, 2.24) is 16.0 Å². The second-order valence-electron chi connectivity index (χ2n) is 8.33. The van der Waals surface area contributed by atoms with Crippen molar-refractivity contribution in [3.05, 3.63) is 35.9 Å². The van der Waals surface area contributed by atoms with Gasteiger partial charge in [-0.05, 0) is 5.56 Å². The summed E-state index contributed by atoms with van der Waals surface area (Å²) in [5, 5.41) is 55.0. The molecule has 1 heterocycles. The second-order valence-corrected chi connectivity index (χ2v) is 8.33. The first kappa shape index (κ1) is 31.8. The van der Waals surface area contributed by atoms with Crippen molar-refractivity contribution in [2.45, 2.75) is 49.4 Å². The van der Waals surface area contributed by atoms with Gasteiger partial charge in [0.1, 0.15) is 37.1 Å². The van der Waals surface area contributed by atoms with Crippen LogP contribution in [0.15, 0.2) is 30.3 Å². The van der Waals surface area contributed by atoms with E-state index in [0.29, 0.717) is 5.56 Å². The Balaban J connectivity index is 1.84. The minimum atomic E-state index is -1.74. The maximum atomic E-state index is 12.3. The van der Waals surface area contributed by atoms with Crippen molar-refractivity contribution in [3.8, 4) is 0 Å². The Hall–Kier alpha value is -3.38. The number of nitrogens with one attached hydrogen (secondary N) is 3. The molecule has 0 unspecified atom stereocenters. The molecule has 39 heavy (non-hydrogen) atoms. The fourth-order valence-corrected chi connectivity index (χ4v) is 3.34. The number of hydrogen-bond acceptors (Lipinski definition) is 13. The summed E-state index contributed by atoms with van der Waals surface area (Å²) in [5.74, 6) is -2.77. The SMILES string of the molecule is COC(=O)[C@H](CO[C@@H]1O[C@H](CO)[C@@H](O)[C@H](O)[C@H]1O)NC(=O)CNC(=O)[C@H](CO)NC(=O)OCc1ccccc1. The van der Waals surface area contributed by atoms with E-state index in [-0.39, 0.29) is 6.61 Å². The first-order chi connectivity index (χ1) is 18.6. The van der Waals surface area contributed by atoms with Crippen LogP contribution in [-0.4, -0.2) is 126 Å². The number of aliphatic hydroxyl groups is 5. The van der Waals surface area contributed by atoms with Gasteiger partial charge in [-0.15, -0.1) is 0 Å². The average molecular weight is 560 g/mol. The molecular weight excluding hydrogens is 526 g/mol. The van der Waals surface area contributed by atoms with Gasteiger partial charge < -0.3 is 60.4 Å². The predicted octanol–water partition coefficient (Wildman–Crippen LogP) is -4.14. The molecule has 2 rings (SSSR count). The normalized spacial score (nSPS) is 24.1. The summed E-state index contributed by atoms with van der Waals surface area (Å²) in [7, 11) is 1.03. The maximum Gasteiger partial charge on any atom is 0.408 e. The van der Waals surface area contributed by atoms with E-state index in [2.05, 4.69) is 20.7 Å². The number of alkyl carbamates (subject to hydrolysis) is 1. The summed E-state index contributed by atoms with van der Waals surface area (Å²) < 4.78 is 20.0. The highest BCUT2D eigenvalue weighted by molar-refractivity contribution is 5.91. The van der Waals surface area contributed by atoms with E-state index in [1.54, 1.807) is 30.3 Å². The number of carbonyl (C=O) groups excluding carboxylic acids is 4. The molecule has 3 amide bonds. The van der Waals surface area contributed by atoms with E-state index in [4.69, 9.17) is 14.2 Å². The number of amides is 3. The number of rotatable bonds is 13. The predicted molar refractivity (Wildman–Crippen MR) is 127 cm³/mol. The largest absolute Gasteiger partial charge is 0.467 e. The Labute approximate surface area is 222 Å². The topological polar surface area (TPSA) is 242 Å². The Kier molecular flexibility index (Phi) is 13.0. The van der Waals surface area contributed by atoms with Crippen LogP contribution in [0.25, 0.3) is 0 Å². The molecule has 0 radical (unpaired) electrons. The second kappa shape index (κ2) is 15.9. The van der Waals surface area contributed by atoms with E-state index in [9.17, 15) is 44.7 Å². The van der Waals surface area contributed by atoms with E-state index < -0.39 is 93.0 Å². The van der Waals surface area contributed by atoms with Gasteiger partial charge in [0.15, 0.2) is 12.3 Å². The van der Waals surface area contributed by atoms with Gasteiger partial charge in [-0.25, -0.2) is 9.59 Å². The molecule has 1 aliphatic rings. The first-order valence-electron chi connectivity index (χ1n) is 11.8. The van der Waals surface area contributed by atoms with Crippen LogP contribution in [0, 0.1) is 0 Å². The molecule has 16 heteroatoms. The van der Waals surface area contributed by atoms with Crippen LogP contribution in [0.4, 0.5) is 4.79 Å². The van der Waals surface area contributed by atoms with E-state index in [0.717, 1.165) is 7.11 Å². The molecule has 16 nitrogen and oxygen atoms in total. The minimum absolute atomic E-state index is 0.0744. The summed E-state index contributed by atoms with van der Waals surface area (Å²) in [5.41, 5.74) is 0.699. The lowest BCUT2D eigenvalue weighted by Gasteiger charge is -2.39. The number of benzene rings is 1. The molecule has 0 aliphatic carbocycles. The number of aliphatic hydroxyl groups excluding tert-OH is 5. The van der Waals surface area contributed by atoms with Crippen LogP contribution < -0.4 is 16.0 Å². The van der Waals surface area contributed by atoms with Crippen LogP contribution in [-0.2, 0) is 39.9 Å². The van der Waals surface area contributed by atoms with E-state index in [1.807, 2.05) is 0 Å². The molecule has 0 spiro atoms. The Morgan fingerprint density at radius 1 is 0.974 bits per heavy atom. The Morgan fingerprint density at radius 3 is 2.28 bits per heavy atom. The van der Waals surface area contributed by atoms with Crippen molar-refractivity contribution in [2.75, 3.05) is 33.5 Å². The smallest absolute Gasteiger partial charge is 0.408 e. The van der Waals surface area contributed by atoms with E-state index >= 15 is 0 Å². The molecule has 1 aliphatic heterocycles. The van der Waals surface area contributed by atoms with Gasteiger partial charge in [0.05, 0.1) is 33.5 Å². The van der Waals surface area contributed by atoms with Crippen LogP contribution in [0.3, 0.4) is 0 Å². The number of ether oxygens (including phenoxy) is 4. The summed E-state index contributed by atoms with van der Waals surface area (Å²) in [6.45, 7) is -2.87. The Morgan fingerprint density at radius 2 is 1.67 bits per heavy atom. The summed E-state index contributed by atoms with van der Waals surface area (Å²) in [6.07, 6.45) is -8.87. The quantitative estimate of drug-likeness (QED) is 0.107. The summed E-state index contributed by atoms with van der Waals surface area (Å²) in [4.78, 5) is 48.7. The Bertz CT molecular complexity index is 948. The van der Waals surface area contributed by atoms with Crippen LogP contribution >= 0.6 is 0 Å². The van der Waals surface area contributed by atoms with Crippen molar-refractivity contribution in [1.29, 1.82) is 0 Å². The zero-order valence-electron chi connectivity index (χ0n) is 21.0. The third-order valence-electron chi connectivity index (χ3n) is 5.52. The highest BCUT2D eigenvalue weighted by atomic mass is 16.7. The molecule has 1 aromatic rings. The summed E-state index contributed by atoms with van der Waals surface area (Å²) >= 11 is 0. The van der Waals surface area contributed by atoms with Crippen molar-refractivity contribution in [2.24, 2.45) is 0 Å². The molecule has 1 fully saturated rings. The molecule has 0 bridgehead atoms. The van der Waals surface area contributed by atoms with Crippen LogP contribution in [0.5, 0.6) is 0 Å². The van der Waals surface area contributed by atoms with Gasteiger partial charge in [0, 0.05) is 0 Å². The van der Waals surface area contributed by atoms with Crippen LogP contribution in [0.2, 0.25) is 0 Å². The molecule has 0 saturated carbocycles. The standard InChI is InChI=1S/C23H33N3O13/c1-36-21(34)14(11-37-22-19(32)18(31)17(30)15(9-28)39-22)25-16(29)7-24-20(33)13(8-27)26-23(35)38-10-12-5-3-2-4-6-12/h2-6,13-15,17-19,22,27-28,30-32H,7-11H2,1H3,(H,24,33)(H,25,29)(H,26,35)/t13-,14-,15+,17+,18-,19+,22+/m0/s1. The minimum Gasteiger partial charge on any atom is -0.467 e. The molecule has 218 valence electrons. The van der Waals surface area contributed by atoms with Gasteiger partial charge in [0.25, 0.3) is 0 Å². The van der Waals surface area contributed by atoms with Gasteiger partial charge in [0.2, 0.25) is 11.8 Å². The zero-order valence-corrected chi connectivity index (χ0v) is 21.0. The third-order valence-corrected chi connectivity index (χ3v) is 5.52. The van der Waals surface area contributed by atoms with Gasteiger partial charge in [-0.3, -0.25) is 9.59 Å². The average Bonchev–Trinajstić information content (AvgIpc) is 2.95. The molecule has 0 aromatic heterocycles. The van der Waals surface area contributed by atoms with Gasteiger partial charge in [-0.2, -0.15) is 0 Å². The lowest BCUT2D eigenvalue weighted by Crippen LogP contribution is -2.60. The molecule has 8 N–H and O–H groups in total. The van der Waals surface area contributed by atoms with Gasteiger partial charge in [-0.1, -0.05) is 30.3 Å². The zero-order chi connectivity index (χ0) is 28.9. The first-order valence-corrected chi connectivity index (χ1v) is 11.8. The highest BCUT2D eigenvalue weighted by Crippen LogP contribution is 2.22. The highest BCUT2D eigenvalue weighted by Gasteiger charge is 2.44. The fourth-order valence-electron chi connectivity index (χ4n) is 3.34. The molecule has 7 atom stereocenters. The number of esters is 1. The molecular formula is C23H33N3O13. The van der Waals surface area contributed by atoms with Crippen LogP contribution in [0.1, 0.15) is 5.56 Å². The van der Waals surface area contributed by atoms with Crippen molar-refractivity contribution >= 4 is 23.9 Å². The van der Waals surface area contributed by atoms with Crippen molar-refractivity contribution in [3.63, 3.8) is 0 Å². The van der Waals surface area contributed by atoms with Crippen molar-refractivity contribution < 1.29 is 63.7 Å². The number of methoxy groups -OCH3 is 1. The monoisotopic (exact) mass is 559 g/mol. The lowest BCUT2D eigenvalue weighted by atomic mass is 9.99. The van der Waals surface area contributed by atoms with E-state index in [1.165, 1.54) is 0 Å². The third kappa shape index (κ3) is 9.70. The van der Waals surface area contributed by atoms with Gasteiger partial charge >= 0.3 is 12.1 Å². The fraction of sp³-hybridized carbons (Fsp3) is 0.565. The summed E-state index contributed by atoms with van der Waals surface area (Å²) in [6, 6.07) is 5.83. The maximum absolute atomic E-state index is 12.3. The number of carbonyl (C=O) groups is 4. The molecule has 1 aromatic carbocycles. The number of hydrogen-bond donors (Lipinski definition) is 8.